The van der Waals surface area contributed by atoms with E-state index in [-0.39, 0.29) is 0 Å². The lowest BCUT2D eigenvalue weighted by atomic mass is 9.86. The molecule has 0 saturated carbocycles. The van der Waals surface area contributed by atoms with Crippen LogP contribution < -0.4 is 5.32 Å². The molecule has 1 aromatic heterocycles. The Bertz CT molecular complexity index is 299. The molecule has 0 saturated heterocycles. The van der Waals surface area contributed by atoms with Crippen molar-refractivity contribution in [3.8, 4) is 0 Å². The lowest BCUT2D eigenvalue weighted by Crippen LogP contribution is -2.24. The van der Waals surface area contributed by atoms with Gasteiger partial charge in [-0.1, -0.05) is 34.6 Å². The van der Waals surface area contributed by atoms with Crippen molar-refractivity contribution in [3.63, 3.8) is 0 Å². The molecule has 0 aliphatic carbocycles. The molecule has 0 aromatic carbocycles. The van der Waals surface area contributed by atoms with Gasteiger partial charge in [0.1, 0.15) is 5.82 Å². The number of hydrogen-bond donors (Lipinski definition) is 1. The molecule has 0 aliphatic rings. The molecule has 0 radical (unpaired) electrons. The van der Waals surface area contributed by atoms with E-state index in [1.165, 1.54) is 11.5 Å². The Morgan fingerprint density at radius 1 is 1.19 bits per heavy atom. The van der Waals surface area contributed by atoms with Gasteiger partial charge in [-0.3, -0.25) is 0 Å². The zero-order valence-electron chi connectivity index (χ0n) is 10.9. The lowest BCUT2D eigenvalue weighted by Gasteiger charge is -2.24. The molecule has 0 unspecified atom stereocenters. The molecule has 16 heavy (non-hydrogen) atoms. The van der Waals surface area contributed by atoms with Gasteiger partial charge in [-0.25, -0.2) is 4.98 Å². The van der Waals surface area contributed by atoms with Crippen LogP contribution in [0.3, 0.4) is 0 Å². The van der Waals surface area contributed by atoms with Crippen molar-refractivity contribution in [2.24, 2.45) is 17.8 Å². The number of nitrogens with zero attached hydrogens (tertiary/aromatic N) is 2. The Kier molecular flexibility index (Phi) is 5.19. The van der Waals surface area contributed by atoms with Gasteiger partial charge in [0.25, 0.3) is 0 Å². The van der Waals surface area contributed by atoms with E-state index in [0.717, 1.165) is 23.9 Å². The second-order valence-electron chi connectivity index (χ2n) is 4.90. The Morgan fingerprint density at radius 3 is 2.25 bits per heavy atom. The summed E-state index contributed by atoms with van der Waals surface area (Å²) in [5.74, 6) is 3.03. The summed E-state index contributed by atoms with van der Waals surface area (Å²) >= 11 is 1.47. The largest absolute Gasteiger partial charge is 0.360 e. The minimum absolute atomic E-state index is 0.689. The molecular weight excluding hydrogens is 218 g/mol. The van der Waals surface area contributed by atoms with Crippen LogP contribution >= 0.6 is 11.5 Å². The molecule has 1 N–H and O–H groups in total. The fourth-order valence-electron chi connectivity index (χ4n) is 1.92. The van der Waals surface area contributed by atoms with Crippen molar-refractivity contribution in [1.82, 2.24) is 9.36 Å². The van der Waals surface area contributed by atoms with E-state index in [9.17, 15) is 0 Å². The predicted molar refractivity (Wildman–Crippen MR) is 70.9 cm³/mol. The summed E-state index contributed by atoms with van der Waals surface area (Å²) in [4.78, 5) is 4.42. The van der Waals surface area contributed by atoms with Crippen LogP contribution in [0.25, 0.3) is 0 Å². The van der Waals surface area contributed by atoms with Gasteiger partial charge < -0.3 is 5.32 Å². The molecule has 4 heteroatoms. The topological polar surface area (TPSA) is 37.8 Å². The van der Waals surface area contributed by atoms with E-state index >= 15 is 0 Å². The third-order valence-corrected chi connectivity index (χ3v) is 3.70. The molecular formula is C12H23N3S. The Balaban J connectivity index is 2.48. The van der Waals surface area contributed by atoms with Crippen molar-refractivity contribution >= 4 is 16.7 Å². The van der Waals surface area contributed by atoms with Crippen LogP contribution in [0.5, 0.6) is 0 Å². The van der Waals surface area contributed by atoms with Crippen LogP contribution in [0.4, 0.5) is 5.13 Å². The van der Waals surface area contributed by atoms with E-state index in [0.29, 0.717) is 17.8 Å². The molecule has 92 valence electrons. The average Bonchev–Trinajstić information content (AvgIpc) is 2.65. The van der Waals surface area contributed by atoms with Crippen LogP contribution in [0.2, 0.25) is 0 Å². The van der Waals surface area contributed by atoms with Gasteiger partial charge in [0.05, 0.1) is 0 Å². The van der Waals surface area contributed by atoms with Crippen molar-refractivity contribution in [2.75, 3.05) is 11.9 Å². The number of nitrogens with one attached hydrogen (secondary N) is 1. The SMILES string of the molecule is CCc1nsc(NCC(C(C)C)C(C)C)n1. The van der Waals surface area contributed by atoms with Gasteiger partial charge in [-0.2, -0.15) is 4.37 Å². The maximum atomic E-state index is 4.42. The van der Waals surface area contributed by atoms with Crippen LogP contribution in [-0.4, -0.2) is 15.9 Å². The van der Waals surface area contributed by atoms with E-state index < -0.39 is 0 Å². The van der Waals surface area contributed by atoms with Crippen LogP contribution in [0.1, 0.15) is 40.4 Å². The smallest absolute Gasteiger partial charge is 0.202 e. The number of rotatable bonds is 6. The third-order valence-electron chi connectivity index (χ3n) is 2.99. The lowest BCUT2D eigenvalue weighted by molar-refractivity contribution is 0.304. The maximum Gasteiger partial charge on any atom is 0.202 e. The highest BCUT2D eigenvalue weighted by Crippen LogP contribution is 2.21. The number of aryl methyl sites for hydroxylation is 1. The second-order valence-corrected chi connectivity index (χ2v) is 5.65. The summed E-state index contributed by atoms with van der Waals surface area (Å²) < 4.78 is 4.27. The first-order chi connectivity index (χ1) is 7.54. The van der Waals surface area contributed by atoms with Gasteiger partial charge in [-0.05, 0) is 17.8 Å². The average molecular weight is 241 g/mol. The monoisotopic (exact) mass is 241 g/mol. The molecule has 3 nitrogen and oxygen atoms in total. The van der Waals surface area contributed by atoms with Crippen LogP contribution in [-0.2, 0) is 6.42 Å². The highest BCUT2D eigenvalue weighted by atomic mass is 32.1. The van der Waals surface area contributed by atoms with E-state index in [2.05, 4.69) is 49.3 Å². The minimum Gasteiger partial charge on any atom is -0.360 e. The summed E-state index contributed by atoms with van der Waals surface area (Å²) in [7, 11) is 0. The Hall–Kier alpha value is -0.640. The van der Waals surface area contributed by atoms with Crippen molar-refractivity contribution in [2.45, 2.75) is 41.0 Å². The van der Waals surface area contributed by atoms with Crippen molar-refractivity contribution in [3.05, 3.63) is 5.82 Å². The van der Waals surface area contributed by atoms with E-state index in [1.54, 1.807) is 0 Å². The number of hydrogen-bond acceptors (Lipinski definition) is 4. The van der Waals surface area contributed by atoms with Gasteiger partial charge >= 0.3 is 0 Å². The van der Waals surface area contributed by atoms with Gasteiger partial charge in [-0.15, -0.1) is 0 Å². The highest BCUT2D eigenvalue weighted by Gasteiger charge is 2.17. The van der Waals surface area contributed by atoms with Crippen molar-refractivity contribution in [1.29, 1.82) is 0 Å². The molecule has 1 heterocycles. The molecule has 1 rings (SSSR count). The van der Waals surface area contributed by atoms with E-state index in [1.807, 2.05) is 0 Å². The van der Waals surface area contributed by atoms with E-state index in [4.69, 9.17) is 0 Å². The molecule has 0 atom stereocenters. The van der Waals surface area contributed by atoms with Crippen LogP contribution in [0.15, 0.2) is 0 Å². The molecule has 0 amide bonds. The summed E-state index contributed by atoms with van der Waals surface area (Å²) in [6.07, 6.45) is 0.913. The van der Waals surface area contributed by atoms with Crippen LogP contribution in [0, 0.1) is 17.8 Å². The minimum atomic E-state index is 0.689. The summed E-state index contributed by atoms with van der Waals surface area (Å²) in [6.45, 7) is 12.2. The summed E-state index contributed by atoms with van der Waals surface area (Å²) in [5.41, 5.74) is 0. The normalized spacial score (nSPS) is 11.8. The van der Waals surface area contributed by atoms with Crippen molar-refractivity contribution < 1.29 is 0 Å². The molecule has 0 aliphatic heterocycles. The maximum absolute atomic E-state index is 4.42. The first-order valence-electron chi connectivity index (χ1n) is 6.11. The van der Waals surface area contributed by atoms with Gasteiger partial charge in [0, 0.05) is 24.5 Å². The fraction of sp³-hybridized carbons (Fsp3) is 0.833. The first kappa shape index (κ1) is 13.4. The predicted octanol–water partition coefficient (Wildman–Crippen LogP) is 3.44. The standard InChI is InChI=1S/C12H23N3S/c1-6-11-14-12(16-15-11)13-7-10(8(2)3)9(4)5/h8-10H,6-7H2,1-5H3,(H,13,14,15). The van der Waals surface area contributed by atoms with Gasteiger partial charge in [0.2, 0.25) is 5.13 Å². The van der Waals surface area contributed by atoms with Gasteiger partial charge in [0.15, 0.2) is 0 Å². The zero-order valence-corrected chi connectivity index (χ0v) is 11.8. The first-order valence-corrected chi connectivity index (χ1v) is 6.88. The molecule has 1 aromatic rings. The fourth-order valence-corrected chi connectivity index (χ4v) is 2.57. The quantitative estimate of drug-likeness (QED) is 0.829. The summed E-state index contributed by atoms with van der Waals surface area (Å²) in [6, 6.07) is 0. The zero-order chi connectivity index (χ0) is 12.1. The second kappa shape index (κ2) is 6.18. The molecule has 0 bridgehead atoms. The third kappa shape index (κ3) is 3.74. The Labute approximate surface area is 103 Å². The summed E-state index contributed by atoms with van der Waals surface area (Å²) in [5, 5.41) is 4.37. The number of anilines is 1. The molecule has 0 fully saturated rings. The highest BCUT2D eigenvalue weighted by molar-refractivity contribution is 7.09. The molecule has 0 spiro atoms. The Morgan fingerprint density at radius 2 is 1.81 bits per heavy atom. The number of aromatic nitrogens is 2.